The zero-order valence-corrected chi connectivity index (χ0v) is 14.6. The molecule has 3 aromatic rings. The maximum Gasteiger partial charge on any atom is 0.258 e. The Hall–Kier alpha value is -2.46. The summed E-state index contributed by atoms with van der Waals surface area (Å²) in [5, 5.41) is 0. The molecule has 0 bridgehead atoms. The summed E-state index contributed by atoms with van der Waals surface area (Å²) < 4.78 is 1.63. The summed E-state index contributed by atoms with van der Waals surface area (Å²) in [7, 11) is 0. The Morgan fingerprint density at radius 3 is 2.84 bits per heavy atom. The number of hydrogen-bond donors (Lipinski definition) is 0. The van der Waals surface area contributed by atoms with Crippen LogP contribution in [0.2, 0.25) is 0 Å². The number of nitrogens with zero attached hydrogens (tertiary/aromatic N) is 3. The fourth-order valence-corrected chi connectivity index (χ4v) is 3.82. The molecule has 0 saturated carbocycles. The molecule has 1 aromatic carbocycles. The van der Waals surface area contributed by atoms with Crippen LogP contribution in [0.3, 0.4) is 0 Å². The molecule has 0 amide bonds. The largest absolute Gasteiger partial charge is 0.294 e. The maximum absolute atomic E-state index is 12.4. The van der Waals surface area contributed by atoms with Crippen LogP contribution in [0.25, 0.3) is 5.65 Å². The minimum Gasteiger partial charge on any atom is -0.294 e. The molecule has 0 N–H and O–H groups in total. The van der Waals surface area contributed by atoms with Gasteiger partial charge in [-0.25, -0.2) is 4.98 Å². The average molecular weight is 333 g/mol. The Bertz CT molecular complexity index is 933. The Morgan fingerprint density at radius 2 is 2.00 bits per heavy atom. The number of likely N-dealkylation sites (tertiary alicyclic amines) is 1. The Labute approximate surface area is 147 Å². The third-order valence-corrected chi connectivity index (χ3v) is 5.12. The topological polar surface area (TPSA) is 37.6 Å². The number of pyridine rings is 1. The van der Waals surface area contributed by atoms with E-state index in [1.807, 2.05) is 19.1 Å². The highest BCUT2D eigenvalue weighted by atomic mass is 16.1. The van der Waals surface area contributed by atoms with E-state index in [-0.39, 0.29) is 5.56 Å². The van der Waals surface area contributed by atoms with Gasteiger partial charge in [-0.3, -0.25) is 14.1 Å². The van der Waals surface area contributed by atoms with Gasteiger partial charge in [0, 0.05) is 24.8 Å². The molecule has 3 heterocycles. The highest BCUT2D eigenvalue weighted by molar-refractivity contribution is 5.46. The van der Waals surface area contributed by atoms with Crippen molar-refractivity contribution < 1.29 is 0 Å². The zero-order valence-electron chi connectivity index (χ0n) is 14.6. The van der Waals surface area contributed by atoms with Gasteiger partial charge in [0.25, 0.3) is 5.56 Å². The Balaban J connectivity index is 1.58. The van der Waals surface area contributed by atoms with Gasteiger partial charge in [-0.1, -0.05) is 36.4 Å². The lowest BCUT2D eigenvalue weighted by atomic mass is 10.0. The molecule has 4 heteroatoms. The van der Waals surface area contributed by atoms with Crippen LogP contribution in [0.15, 0.2) is 59.5 Å². The van der Waals surface area contributed by atoms with Crippen molar-refractivity contribution >= 4 is 5.65 Å². The summed E-state index contributed by atoms with van der Waals surface area (Å²) in [4.78, 5) is 19.6. The first-order chi connectivity index (χ1) is 12.2. The van der Waals surface area contributed by atoms with Gasteiger partial charge >= 0.3 is 0 Å². The lowest BCUT2D eigenvalue weighted by Crippen LogP contribution is -2.31. The lowest BCUT2D eigenvalue weighted by Gasteiger charge is -2.24. The first kappa shape index (κ1) is 16.0. The molecular weight excluding hydrogens is 310 g/mol. The second-order valence-corrected chi connectivity index (χ2v) is 6.93. The van der Waals surface area contributed by atoms with Crippen LogP contribution in [0.5, 0.6) is 0 Å². The monoisotopic (exact) mass is 333 g/mol. The van der Waals surface area contributed by atoms with Gasteiger partial charge in [-0.2, -0.15) is 0 Å². The van der Waals surface area contributed by atoms with Crippen molar-refractivity contribution in [1.82, 2.24) is 14.3 Å². The van der Waals surface area contributed by atoms with Crippen LogP contribution in [0.4, 0.5) is 0 Å². The van der Waals surface area contributed by atoms with Gasteiger partial charge in [0.1, 0.15) is 5.65 Å². The molecule has 4 rings (SSSR count). The van der Waals surface area contributed by atoms with Gasteiger partial charge in [-0.05, 0) is 49.9 Å². The molecule has 1 saturated heterocycles. The van der Waals surface area contributed by atoms with Gasteiger partial charge in [0.2, 0.25) is 0 Å². The number of aromatic nitrogens is 2. The first-order valence-electron chi connectivity index (χ1n) is 8.96. The van der Waals surface area contributed by atoms with E-state index < -0.39 is 0 Å². The van der Waals surface area contributed by atoms with E-state index in [1.165, 1.54) is 18.4 Å². The predicted molar refractivity (Wildman–Crippen MR) is 99.8 cm³/mol. The van der Waals surface area contributed by atoms with Gasteiger partial charge in [0.15, 0.2) is 0 Å². The molecule has 1 aliphatic rings. The standard InChI is InChI=1S/C21H23N3O/c1-16-7-5-12-24-20(25)14-18(22-21(16)24)15-23-11-6-10-19(23)13-17-8-3-2-4-9-17/h2-5,7-9,12,14,19H,6,10-11,13,15H2,1H3/t19-/m1/s1. The van der Waals surface area contributed by atoms with Gasteiger partial charge < -0.3 is 0 Å². The fraction of sp³-hybridized carbons (Fsp3) is 0.333. The van der Waals surface area contributed by atoms with Crippen molar-refractivity contribution in [3.8, 4) is 0 Å². The smallest absolute Gasteiger partial charge is 0.258 e. The number of hydrogen-bond acceptors (Lipinski definition) is 3. The van der Waals surface area contributed by atoms with Crippen molar-refractivity contribution in [2.24, 2.45) is 0 Å². The number of aryl methyl sites for hydroxylation is 1. The molecule has 1 atom stereocenters. The normalized spacial score (nSPS) is 18.0. The summed E-state index contributed by atoms with van der Waals surface area (Å²) in [6.45, 7) is 3.82. The van der Waals surface area contributed by atoms with Crippen molar-refractivity contribution in [1.29, 1.82) is 0 Å². The summed E-state index contributed by atoms with van der Waals surface area (Å²) in [6.07, 6.45) is 5.27. The summed E-state index contributed by atoms with van der Waals surface area (Å²) >= 11 is 0. The minimum atomic E-state index is 0.00232. The average Bonchev–Trinajstić information content (AvgIpc) is 3.04. The third-order valence-electron chi connectivity index (χ3n) is 5.12. The number of benzene rings is 1. The molecule has 2 aromatic heterocycles. The van der Waals surface area contributed by atoms with E-state index in [9.17, 15) is 4.79 Å². The lowest BCUT2D eigenvalue weighted by molar-refractivity contribution is 0.241. The highest BCUT2D eigenvalue weighted by Gasteiger charge is 2.25. The summed E-state index contributed by atoms with van der Waals surface area (Å²) in [5.74, 6) is 0. The van der Waals surface area contributed by atoms with Crippen LogP contribution in [-0.4, -0.2) is 26.9 Å². The Morgan fingerprint density at radius 1 is 1.16 bits per heavy atom. The van der Waals surface area contributed by atoms with E-state index in [1.54, 1.807) is 16.7 Å². The molecular formula is C21H23N3O. The molecule has 0 spiro atoms. The molecule has 1 aliphatic heterocycles. The maximum atomic E-state index is 12.4. The summed E-state index contributed by atoms with van der Waals surface area (Å²) in [6, 6.07) is 16.8. The molecule has 1 fully saturated rings. The van der Waals surface area contributed by atoms with E-state index in [2.05, 4.69) is 35.2 Å². The molecule has 25 heavy (non-hydrogen) atoms. The summed E-state index contributed by atoms with van der Waals surface area (Å²) in [5.41, 5.74) is 4.05. The molecule has 0 radical (unpaired) electrons. The second-order valence-electron chi connectivity index (χ2n) is 6.93. The fourth-order valence-electron chi connectivity index (χ4n) is 3.82. The van der Waals surface area contributed by atoms with Crippen LogP contribution in [-0.2, 0) is 13.0 Å². The highest BCUT2D eigenvalue weighted by Crippen LogP contribution is 2.23. The number of rotatable bonds is 4. The van der Waals surface area contributed by atoms with Crippen LogP contribution in [0.1, 0.15) is 29.7 Å². The zero-order chi connectivity index (χ0) is 17.2. The van der Waals surface area contributed by atoms with E-state index in [4.69, 9.17) is 4.98 Å². The van der Waals surface area contributed by atoms with Gasteiger partial charge in [-0.15, -0.1) is 0 Å². The molecule has 0 unspecified atom stereocenters. The van der Waals surface area contributed by atoms with Crippen molar-refractivity contribution in [3.63, 3.8) is 0 Å². The molecule has 0 aliphatic carbocycles. The van der Waals surface area contributed by atoms with Gasteiger partial charge in [0.05, 0.1) is 5.69 Å². The quantitative estimate of drug-likeness (QED) is 0.736. The van der Waals surface area contributed by atoms with Crippen LogP contribution < -0.4 is 5.56 Å². The van der Waals surface area contributed by atoms with E-state index in [0.717, 1.165) is 36.4 Å². The third kappa shape index (κ3) is 3.35. The van der Waals surface area contributed by atoms with Crippen molar-refractivity contribution in [2.45, 2.75) is 38.8 Å². The van der Waals surface area contributed by atoms with E-state index >= 15 is 0 Å². The number of fused-ring (bicyclic) bond motifs is 1. The minimum absolute atomic E-state index is 0.00232. The van der Waals surface area contributed by atoms with E-state index in [0.29, 0.717) is 6.04 Å². The predicted octanol–water partition coefficient (Wildman–Crippen LogP) is 3.21. The van der Waals surface area contributed by atoms with Crippen molar-refractivity contribution in [3.05, 3.63) is 81.9 Å². The second kappa shape index (κ2) is 6.81. The Kier molecular flexibility index (Phi) is 4.36. The van der Waals surface area contributed by atoms with Crippen LogP contribution in [0, 0.1) is 6.92 Å². The SMILES string of the molecule is Cc1cccn2c(=O)cc(CN3CCC[C@@H]3Cc3ccccc3)nc12. The van der Waals surface area contributed by atoms with Crippen molar-refractivity contribution in [2.75, 3.05) is 6.54 Å². The molecule has 128 valence electrons. The van der Waals surface area contributed by atoms with Crippen LogP contribution >= 0.6 is 0 Å². The first-order valence-corrected chi connectivity index (χ1v) is 8.96. The molecule has 4 nitrogen and oxygen atoms in total.